The number of aliphatic hydroxyl groups excluding tert-OH is 1. The van der Waals surface area contributed by atoms with Crippen molar-refractivity contribution < 1.29 is 23.1 Å². The van der Waals surface area contributed by atoms with Crippen LogP contribution >= 0.6 is 11.6 Å². The van der Waals surface area contributed by atoms with Crippen molar-refractivity contribution >= 4 is 27.4 Å². The number of aliphatic hydroxyl groups is 1. The third-order valence-electron chi connectivity index (χ3n) is 5.05. The van der Waals surface area contributed by atoms with Gasteiger partial charge in [-0.25, -0.2) is 8.42 Å². The summed E-state index contributed by atoms with van der Waals surface area (Å²) in [6, 6.07) is 19.7. The number of esters is 1. The Balaban J connectivity index is 1.62. The molecule has 3 aromatic rings. The second-order valence-corrected chi connectivity index (χ2v) is 10.2. The van der Waals surface area contributed by atoms with Gasteiger partial charge in [-0.3, -0.25) is 4.79 Å². The van der Waals surface area contributed by atoms with Crippen LogP contribution in [0, 0.1) is 0 Å². The van der Waals surface area contributed by atoms with E-state index >= 15 is 0 Å². The Morgan fingerprint density at radius 1 is 1.03 bits per heavy atom. The minimum Gasteiger partial charge on any atom is -0.427 e. The SMILES string of the molecule is CC(=O)Oc1cccc(S(=O)(=O)c2ccc(C[C@@H](C)NC[C@@H](O)c3cccc(Cl)c3)cc2)c1. The number of ether oxygens (including phenoxy) is 1. The molecule has 0 aromatic heterocycles. The van der Waals surface area contributed by atoms with Crippen LogP contribution in [0.3, 0.4) is 0 Å². The number of halogens is 1. The van der Waals surface area contributed by atoms with Crippen LogP contribution in [0.1, 0.15) is 31.1 Å². The summed E-state index contributed by atoms with van der Waals surface area (Å²) in [5.74, 6) is -0.336. The molecular formula is C25H26ClNO5S. The van der Waals surface area contributed by atoms with Crippen LogP contribution in [0.5, 0.6) is 5.75 Å². The largest absolute Gasteiger partial charge is 0.427 e. The number of nitrogens with one attached hydrogen (secondary N) is 1. The van der Waals surface area contributed by atoms with Crippen molar-refractivity contribution in [2.24, 2.45) is 0 Å². The fourth-order valence-corrected chi connectivity index (χ4v) is 4.88. The van der Waals surface area contributed by atoms with Crippen molar-refractivity contribution in [3.05, 3.63) is 88.9 Å². The molecule has 8 heteroatoms. The van der Waals surface area contributed by atoms with Crippen molar-refractivity contribution in [3.63, 3.8) is 0 Å². The highest BCUT2D eigenvalue weighted by molar-refractivity contribution is 7.91. The summed E-state index contributed by atoms with van der Waals surface area (Å²) >= 11 is 5.98. The lowest BCUT2D eigenvalue weighted by molar-refractivity contribution is -0.131. The van der Waals surface area contributed by atoms with E-state index in [0.29, 0.717) is 18.0 Å². The molecule has 0 aliphatic heterocycles. The van der Waals surface area contributed by atoms with E-state index in [1.54, 1.807) is 42.5 Å². The molecule has 6 nitrogen and oxygen atoms in total. The topological polar surface area (TPSA) is 92.7 Å². The highest BCUT2D eigenvalue weighted by Crippen LogP contribution is 2.25. The van der Waals surface area contributed by atoms with Crippen LogP contribution in [0.2, 0.25) is 5.02 Å². The Morgan fingerprint density at radius 2 is 1.73 bits per heavy atom. The zero-order valence-electron chi connectivity index (χ0n) is 18.4. The van der Waals surface area contributed by atoms with Crippen molar-refractivity contribution in [3.8, 4) is 5.75 Å². The van der Waals surface area contributed by atoms with E-state index in [-0.39, 0.29) is 21.6 Å². The number of sulfone groups is 1. The van der Waals surface area contributed by atoms with E-state index in [1.165, 1.54) is 31.2 Å². The van der Waals surface area contributed by atoms with Crippen LogP contribution in [0.15, 0.2) is 82.6 Å². The standard InChI is InChI=1S/C25H26ClNO5S/c1-17(27-16-25(29)20-5-3-6-21(26)14-20)13-19-9-11-23(12-10-19)33(30,31)24-8-4-7-22(15-24)32-18(2)28/h3-12,14-15,17,25,27,29H,13,16H2,1-2H3/t17-,25-/m1/s1. The van der Waals surface area contributed by atoms with Crippen LogP contribution in [0.25, 0.3) is 0 Å². The maximum atomic E-state index is 13.0. The maximum Gasteiger partial charge on any atom is 0.308 e. The van der Waals surface area contributed by atoms with E-state index in [1.807, 2.05) is 13.0 Å². The lowest BCUT2D eigenvalue weighted by Crippen LogP contribution is -2.32. The molecule has 0 aliphatic carbocycles. The zero-order valence-corrected chi connectivity index (χ0v) is 19.9. The monoisotopic (exact) mass is 487 g/mol. The van der Waals surface area contributed by atoms with E-state index in [4.69, 9.17) is 16.3 Å². The second kappa shape index (κ2) is 10.9. The van der Waals surface area contributed by atoms with Gasteiger partial charge in [0.1, 0.15) is 5.75 Å². The minimum atomic E-state index is -3.75. The molecule has 174 valence electrons. The molecule has 33 heavy (non-hydrogen) atoms. The number of rotatable bonds is 9. The van der Waals surface area contributed by atoms with Gasteiger partial charge in [0, 0.05) is 24.5 Å². The van der Waals surface area contributed by atoms with Gasteiger partial charge >= 0.3 is 5.97 Å². The van der Waals surface area contributed by atoms with Gasteiger partial charge in [-0.15, -0.1) is 0 Å². The van der Waals surface area contributed by atoms with E-state index in [0.717, 1.165) is 11.1 Å². The molecule has 3 aromatic carbocycles. The van der Waals surface area contributed by atoms with Crippen LogP contribution in [-0.4, -0.2) is 32.1 Å². The molecule has 0 spiro atoms. The van der Waals surface area contributed by atoms with Crippen molar-refractivity contribution in [2.75, 3.05) is 6.54 Å². The fraction of sp³-hybridized carbons (Fsp3) is 0.240. The first-order valence-electron chi connectivity index (χ1n) is 10.4. The Hall–Kier alpha value is -2.71. The lowest BCUT2D eigenvalue weighted by Gasteiger charge is -2.18. The van der Waals surface area contributed by atoms with Gasteiger partial charge in [0.25, 0.3) is 0 Å². The number of hydrogen-bond acceptors (Lipinski definition) is 6. The van der Waals surface area contributed by atoms with Crippen molar-refractivity contribution in [1.29, 1.82) is 0 Å². The summed E-state index contributed by atoms with van der Waals surface area (Å²) < 4.78 is 30.9. The molecule has 2 N–H and O–H groups in total. The molecule has 0 aliphatic rings. The lowest BCUT2D eigenvalue weighted by atomic mass is 10.1. The molecule has 2 atom stereocenters. The second-order valence-electron chi connectivity index (χ2n) is 7.80. The molecule has 0 bridgehead atoms. The van der Waals surface area contributed by atoms with Gasteiger partial charge < -0.3 is 15.2 Å². The predicted molar refractivity (Wildman–Crippen MR) is 127 cm³/mol. The quantitative estimate of drug-likeness (QED) is 0.344. The smallest absolute Gasteiger partial charge is 0.308 e. The first kappa shape index (κ1) is 24.9. The van der Waals surface area contributed by atoms with Crippen LogP contribution in [-0.2, 0) is 21.1 Å². The normalized spacial score (nSPS) is 13.3. The average molecular weight is 488 g/mol. The Kier molecular flexibility index (Phi) is 8.26. The molecule has 0 saturated carbocycles. The summed E-state index contributed by atoms with van der Waals surface area (Å²) in [7, 11) is -3.75. The van der Waals surface area contributed by atoms with Gasteiger partial charge in [0.15, 0.2) is 0 Å². The van der Waals surface area contributed by atoms with Gasteiger partial charge in [-0.1, -0.05) is 41.9 Å². The Labute approximate surface area is 199 Å². The van der Waals surface area contributed by atoms with Crippen LogP contribution in [0.4, 0.5) is 0 Å². The highest BCUT2D eigenvalue weighted by atomic mass is 35.5. The summed E-state index contributed by atoms with van der Waals surface area (Å²) in [6.45, 7) is 3.62. The Morgan fingerprint density at radius 3 is 2.39 bits per heavy atom. The molecule has 0 fully saturated rings. The summed E-state index contributed by atoms with van der Waals surface area (Å²) in [6.07, 6.45) is -0.0220. The van der Waals surface area contributed by atoms with E-state index in [2.05, 4.69) is 5.32 Å². The van der Waals surface area contributed by atoms with Gasteiger partial charge in [-0.05, 0) is 66.9 Å². The third kappa shape index (κ3) is 6.88. The zero-order chi connectivity index (χ0) is 24.0. The molecule has 0 unspecified atom stereocenters. The van der Waals surface area contributed by atoms with E-state index in [9.17, 15) is 18.3 Å². The molecule has 0 saturated heterocycles. The number of carbonyl (C=O) groups is 1. The van der Waals surface area contributed by atoms with Gasteiger partial charge in [0.05, 0.1) is 15.9 Å². The Bertz CT molecular complexity index is 1210. The minimum absolute atomic E-state index is 0.0547. The first-order chi connectivity index (χ1) is 15.6. The third-order valence-corrected chi connectivity index (χ3v) is 7.05. The highest BCUT2D eigenvalue weighted by Gasteiger charge is 2.19. The first-order valence-corrected chi connectivity index (χ1v) is 12.3. The predicted octanol–water partition coefficient (Wildman–Crippen LogP) is 4.35. The summed E-state index contributed by atoms with van der Waals surface area (Å²) in [4.78, 5) is 11.4. The number of benzene rings is 3. The fourth-order valence-electron chi connectivity index (χ4n) is 3.38. The van der Waals surface area contributed by atoms with Crippen molar-refractivity contribution in [1.82, 2.24) is 5.32 Å². The molecule has 0 radical (unpaired) electrons. The summed E-state index contributed by atoms with van der Waals surface area (Å²) in [5, 5.41) is 14.2. The van der Waals surface area contributed by atoms with Gasteiger partial charge in [-0.2, -0.15) is 0 Å². The average Bonchev–Trinajstić information content (AvgIpc) is 2.77. The molecule has 0 amide bonds. The molecule has 0 heterocycles. The van der Waals surface area contributed by atoms with E-state index < -0.39 is 21.9 Å². The number of carbonyl (C=O) groups excluding carboxylic acids is 1. The molecule has 3 rings (SSSR count). The van der Waals surface area contributed by atoms with Crippen LogP contribution < -0.4 is 10.1 Å². The summed E-state index contributed by atoms with van der Waals surface area (Å²) in [5.41, 5.74) is 1.70. The molecular weight excluding hydrogens is 462 g/mol. The van der Waals surface area contributed by atoms with Gasteiger partial charge in [0.2, 0.25) is 9.84 Å². The maximum absolute atomic E-state index is 13.0. The van der Waals surface area contributed by atoms with Crippen molar-refractivity contribution in [2.45, 2.75) is 42.2 Å². The number of hydrogen-bond donors (Lipinski definition) is 2.